The summed E-state index contributed by atoms with van der Waals surface area (Å²) >= 11 is 0. The molecule has 4 aromatic rings. The Hall–Kier alpha value is -4.33. The Morgan fingerprint density at radius 1 is 0.639 bits per heavy atom. The molecule has 180 valence electrons. The Bertz CT molecular complexity index is 1380. The molecule has 2 aliphatic rings. The molecule has 0 saturated heterocycles. The van der Waals surface area contributed by atoms with E-state index in [-0.39, 0.29) is 17.3 Å². The van der Waals surface area contributed by atoms with Gasteiger partial charge in [0, 0.05) is 35.6 Å². The van der Waals surface area contributed by atoms with Gasteiger partial charge in [0.2, 0.25) is 0 Å². The first kappa shape index (κ1) is 22.2. The number of carbonyl (C=O) groups is 1. The maximum atomic E-state index is 14.0. The molecule has 2 heterocycles. The molecule has 0 bridgehead atoms. The summed E-state index contributed by atoms with van der Waals surface area (Å²) in [6, 6.07) is 20.5. The van der Waals surface area contributed by atoms with Gasteiger partial charge in [-0.25, -0.2) is 0 Å². The number of aromatic hydroxyl groups is 2. The van der Waals surface area contributed by atoms with Crippen LogP contribution in [0.4, 0.5) is 11.4 Å². The molecular formula is C29H26N4O3. The molecule has 0 spiro atoms. The van der Waals surface area contributed by atoms with Crippen molar-refractivity contribution in [1.29, 1.82) is 0 Å². The topological polar surface area (TPSA) is 134 Å². The lowest BCUT2D eigenvalue weighted by atomic mass is 9.88. The second-order valence-electron chi connectivity index (χ2n) is 9.31. The van der Waals surface area contributed by atoms with Gasteiger partial charge < -0.3 is 21.7 Å². The highest BCUT2D eigenvalue weighted by atomic mass is 16.3. The fourth-order valence-electron chi connectivity index (χ4n) is 5.52. The van der Waals surface area contributed by atoms with Crippen molar-refractivity contribution in [2.24, 2.45) is 0 Å². The molecule has 0 aromatic heterocycles. The first-order valence-corrected chi connectivity index (χ1v) is 11.8. The first-order valence-electron chi connectivity index (χ1n) is 11.8. The van der Waals surface area contributed by atoms with E-state index in [2.05, 4.69) is 10.6 Å². The van der Waals surface area contributed by atoms with Crippen LogP contribution in [0.1, 0.15) is 34.3 Å². The number of nitrogen functional groups attached to an aromatic ring is 2. The summed E-state index contributed by atoms with van der Waals surface area (Å²) < 4.78 is 0. The van der Waals surface area contributed by atoms with Gasteiger partial charge in [-0.05, 0) is 69.8 Å². The van der Waals surface area contributed by atoms with E-state index in [4.69, 9.17) is 11.5 Å². The number of nitrogens with two attached hydrogens (primary N) is 2. The van der Waals surface area contributed by atoms with Crippen LogP contribution < -0.4 is 22.1 Å². The van der Waals surface area contributed by atoms with E-state index in [1.165, 1.54) is 0 Å². The number of carbonyl (C=O) groups excluding carboxylic acids is 1. The van der Waals surface area contributed by atoms with Gasteiger partial charge in [-0.1, -0.05) is 36.4 Å². The lowest BCUT2D eigenvalue weighted by Gasteiger charge is -2.20. The van der Waals surface area contributed by atoms with Gasteiger partial charge in [0.25, 0.3) is 0 Å². The highest BCUT2D eigenvalue weighted by molar-refractivity contribution is 5.97. The zero-order chi connectivity index (χ0) is 25.0. The number of phenolic OH excluding ortho intramolecular Hbond substituents is 2. The molecule has 4 aromatic carbocycles. The molecule has 0 amide bonds. The van der Waals surface area contributed by atoms with Crippen LogP contribution in [0.5, 0.6) is 11.5 Å². The van der Waals surface area contributed by atoms with Crippen molar-refractivity contribution in [3.8, 4) is 33.8 Å². The van der Waals surface area contributed by atoms with Crippen LogP contribution >= 0.6 is 0 Å². The van der Waals surface area contributed by atoms with E-state index in [0.29, 0.717) is 24.5 Å². The Morgan fingerprint density at radius 2 is 1.03 bits per heavy atom. The van der Waals surface area contributed by atoms with Gasteiger partial charge in [0.1, 0.15) is 11.5 Å². The fraction of sp³-hybridized carbons (Fsp3) is 0.138. The second-order valence-corrected chi connectivity index (χ2v) is 9.31. The van der Waals surface area contributed by atoms with Crippen LogP contribution in [-0.4, -0.2) is 16.0 Å². The quantitative estimate of drug-likeness (QED) is 0.243. The summed E-state index contributed by atoms with van der Waals surface area (Å²) in [4.78, 5) is 14.0. The molecule has 6 rings (SSSR count). The molecule has 2 unspecified atom stereocenters. The molecule has 2 aliphatic heterocycles. The molecule has 36 heavy (non-hydrogen) atoms. The van der Waals surface area contributed by atoms with Crippen LogP contribution in [0.15, 0.2) is 72.8 Å². The molecule has 0 radical (unpaired) electrons. The zero-order valence-electron chi connectivity index (χ0n) is 19.5. The van der Waals surface area contributed by atoms with Crippen LogP contribution in [0.3, 0.4) is 0 Å². The van der Waals surface area contributed by atoms with Crippen molar-refractivity contribution in [2.45, 2.75) is 25.2 Å². The fourth-order valence-corrected chi connectivity index (χ4v) is 5.52. The third kappa shape index (κ3) is 3.48. The minimum atomic E-state index is -0.572. The minimum absolute atomic E-state index is 0.0309. The van der Waals surface area contributed by atoms with Crippen LogP contribution in [-0.2, 0) is 17.9 Å². The van der Waals surface area contributed by atoms with Crippen molar-refractivity contribution in [3.63, 3.8) is 0 Å². The predicted octanol–water partition coefficient (Wildman–Crippen LogP) is 4.15. The van der Waals surface area contributed by atoms with Crippen LogP contribution in [0, 0.1) is 0 Å². The number of fused-ring (bicyclic) bond motifs is 2. The Balaban J connectivity index is 1.38. The summed E-state index contributed by atoms with van der Waals surface area (Å²) in [5.41, 5.74) is 21.4. The van der Waals surface area contributed by atoms with E-state index in [1.807, 2.05) is 48.5 Å². The van der Waals surface area contributed by atoms with E-state index < -0.39 is 12.1 Å². The number of hydrogen-bond donors (Lipinski definition) is 6. The van der Waals surface area contributed by atoms with Gasteiger partial charge in [-0.3, -0.25) is 15.4 Å². The van der Waals surface area contributed by atoms with Gasteiger partial charge >= 0.3 is 0 Å². The number of rotatable bonds is 4. The smallest absolute Gasteiger partial charge is 0.175 e. The number of benzene rings is 4. The van der Waals surface area contributed by atoms with Gasteiger partial charge in [0.05, 0.1) is 12.1 Å². The molecule has 7 nitrogen and oxygen atoms in total. The third-order valence-corrected chi connectivity index (χ3v) is 7.25. The zero-order valence-corrected chi connectivity index (χ0v) is 19.5. The number of ketones is 1. The van der Waals surface area contributed by atoms with E-state index >= 15 is 0 Å². The maximum Gasteiger partial charge on any atom is 0.175 e. The molecule has 8 N–H and O–H groups in total. The highest BCUT2D eigenvalue weighted by Crippen LogP contribution is 2.43. The van der Waals surface area contributed by atoms with Crippen molar-refractivity contribution in [1.82, 2.24) is 10.6 Å². The number of anilines is 2. The minimum Gasteiger partial charge on any atom is -0.508 e. The van der Waals surface area contributed by atoms with Crippen LogP contribution in [0.2, 0.25) is 0 Å². The summed E-state index contributed by atoms with van der Waals surface area (Å²) in [6.45, 7) is 1.02. The lowest BCUT2D eigenvalue weighted by Crippen LogP contribution is -2.32. The maximum absolute atomic E-state index is 14.0. The molecular weight excluding hydrogens is 452 g/mol. The Kier molecular flexibility index (Phi) is 5.17. The van der Waals surface area contributed by atoms with Crippen LogP contribution in [0.25, 0.3) is 22.3 Å². The molecule has 0 saturated carbocycles. The van der Waals surface area contributed by atoms with Crippen molar-refractivity contribution < 1.29 is 15.0 Å². The average molecular weight is 479 g/mol. The summed E-state index contributed by atoms with van der Waals surface area (Å²) in [7, 11) is 0. The third-order valence-electron chi connectivity index (χ3n) is 7.25. The monoisotopic (exact) mass is 478 g/mol. The summed E-state index contributed by atoms with van der Waals surface area (Å²) in [5, 5.41) is 26.1. The normalized spacial score (nSPS) is 18.1. The SMILES string of the molecule is Nc1ccc(-c2ccc(O)cc2)c2c1C(C(=O)C1NCc3c(-c4ccc(O)cc4)ccc(N)c31)NC2. The van der Waals surface area contributed by atoms with Crippen molar-refractivity contribution in [2.75, 3.05) is 11.5 Å². The number of phenols is 2. The molecule has 2 atom stereocenters. The van der Waals surface area contributed by atoms with Gasteiger partial charge in [-0.2, -0.15) is 0 Å². The predicted molar refractivity (Wildman–Crippen MR) is 140 cm³/mol. The van der Waals surface area contributed by atoms with Crippen molar-refractivity contribution >= 4 is 17.2 Å². The van der Waals surface area contributed by atoms with Crippen molar-refractivity contribution in [3.05, 3.63) is 95.1 Å². The number of Topliss-reactive ketones (excluding diaryl/α,β-unsaturated/α-hetero) is 1. The highest BCUT2D eigenvalue weighted by Gasteiger charge is 2.40. The Morgan fingerprint density at radius 3 is 1.42 bits per heavy atom. The molecule has 0 fully saturated rings. The lowest BCUT2D eigenvalue weighted by molar-refractivity contribution is -0.123. The molecule has 7 heteroatoms. The Labute approximate surface area is 208 Å². The van der Waals surface area contributed by atoms with Gasteiger partial charge in [-0.15, -0.1) is 0 Å². The van der Waals surface area contributed by atoms with E-state index in [0.717, 1.165) is 44.5 Å². The standard InChI is InChI=1S/C29H26N4O3/c30-23-11-9-19(15-1-5-17(34)6-2-15)21-13-32-27(25(21)23)29(36)28-26-22(14-33-28)20(10-12-24(26)31)16-3-7-18(35)8-4-16/h1-12,27-28,32-35H,13-14,30-31H2. The summed E-state index contributed by atoms with van der Waals surface area (Å²) in [5.74, 6) is 0.371. The largest absolute Gasteiger partial charge is 0.508 e. The first-order chi connectivity index (χ1) is 17.4. The van der Waals surface area contributed by atoms with Gasteiger partial charge in [0.15, 0.2) is 5.78 Å². The number of hydrogen-bond acceptors (Lipinski definition) is 7. The second kappa shape index (κ2) is 8.41. The molecule has 0 aliphatic carbocycles. The van der Waals surface area contributed by atoms with E-state index in [1.54, 1.807) is 24.3 Å². The van der Waals surface area contributed by atoms with E-state index in [9.17, 15) is 15.0 Å². The number of nitrogens with one attached hydrogen (secondary N) is 2. The average Bonchev–Trinajstić information content (AvgIpc) is 3.52. The summed E-state index contributed by atoms with van der Waals surface area (Å²) in [6.07, 6.45) is 0.